The van der Waals surface area contributed by atoms with E-state index in [-0.39, 0.29) is 30.6 Å². The molecule has 4 aliphatic rings. The van der Waals surface area contributed by atoms with Crippen LogP contribution in [0.25, 0.3) is 0 Å². The van der Waals surface area contributed by atoms with Crippen LogP contribution in [0.3, 0.4) is 0 Å². The molecule has 1 fully saturated rings. The molecule has 5 rings (SSSR count). The lowest BCUT2D eigenvalue weighted by Gasteiger charge is -2.32. The zero-order valence-electron chi connectivity index (χ0n) is 19.4. The van der Waals surface area contributed by atoms with Crippen molar-refractivity contribution in [3.05, 3.63) is 54.4 Å². The Balaban J connectivity index is 1.25. The molecule has 4 heterocycles. The van der Waals surface area contributed by atoms with Crippen LogP contribution in [-0.2, 0) is 16.1 Å². The number of ether oxygens (including phenoxy) is 1. The van der Waals surface area contributed by atoms with Crippen LogP contribution in [0.1, 0.15) is 38.5 Å². The highest BCUT2D eigenvalue weighted by Crippen LogP contribution is 2.27. The number of amidine groups is 1. The molecule has 0 radical (unpaired) electrons. The number of rotatable bonds is 7. The smallest absolute Gasteiger partial charge is 0.323 e. The minimum Gasteiger partial charge on any atom is -0.496 e. The van der Waals surface area contributed by atoms with E-state index in [1.807, 2.05) is 21.7 Å². The van der Waals surface area contributed by atoms with Gasteiger partial charge in [-0.15, -0.1) is 0 Å². The number of carbonyl (C=O) groups is 2. The molecular weight excluding hydrogens is 432 g/mol. The quantitative estimate of drug-likeness (QED) is 0.672. The summed E-state index contributed by atoms with van der Waals surface area (Å²) in [4.78, 5) is 38.2. The van der Waals surface area contributed by atoms with E-state index in [2.05, 4.69) is 27.4 Å². The zero-order chi connectivity index (χ0) is 23.3. The van der Waals surface area contributed by atoms with Crippen molar-refractivity contribution < 1.29 is 14.3 Å². The number of amides is 3. The summed E-state index contributed by atoms with van der Waals surface area (Å²) >= 11 is 0. The molecule has 1 aromatic heterocycles. The maximum Gasteiger partial charge on any atom is 0.323 e. The molecule has 1 N–H and O–H groups in total. The topological polar surface area (TPSA) is 92.1 Å². The van der Waals surface area contributed by atoms with Crippen LogP contribution in [0.4, 0.5) is 4.79 Å². The van der Waals surface area contributed by atoms with Gasteiger partial charge in [-0.25, -0.2) is 9.78 Å². The average molecular weight is 465 g/mol. The molecule has 3 amide bonds. The fraction of sp³-hybridized carbons (Fsp3) is 0.520. The van der Waals surface area contributed by atoms with Crippen molar-refractivity contribution in [1.82, 2.24) is 24.7 Å². The maximum atomic E-state index is 13.0. The van der Waals surface area contributed by atoms with Gasteiger partial charge >= 0.3 is 6.03 Å². The molecule has 1 saturated heterocycles. The van der Waals surface area contributed by atoms with Gasteiger partial charge in [0.15, 0.2) is 0 Å². The van der Waals surface area contributed by atoms with Gasteiger partial charge in [0.1, 0.15) is 24.5 Å². The lowest BCUT2D eigenvalue weighted by molar-refractivity contribution is -0.129. The highest BCUT2D eigenvalue weighted by molar-refractivity contribution is 6.08. The Morgan fingerprint density at radius 2 is 2.18 bits per heavy atom. The molecule has 0 aromatic carbocycles. The molecule has 9 heteroatoms. The summed E-state index contributed by atoms with van der Waals surface area (Å²) in [6.07, 6.45) is 18.9. The lowest BCUT2D eigenvalue weighted by atomic mass is 9.92. The van der Waals surface area contributed by atoms with Crippen LogP contribution in [0, 0.1) is 0 Å². The Kier molecular flexibility index (Phi) is 6.78. The first kappa shape index (κ1) is 22.4. The first-order valence-electron chi connectivity index (χ1n) is 12.2. The number of nitrogens with one attached hydrogen (secondary N) is 1. The van der Waals surface area contributed by atoms with E-state index in [9.17, 15) is 9.59 Å². The molecule has 3 aliphatic heterocycles. The van der Waals surface area contributed by atoms with Crippen LogP contribution in [-0.4, -0.2) is 75.4 Å². The molecule has 1 aliphatic carbocycles. The third-order valence-electron chi connectivity index (χ3n) is 6.97. The van der Waals surface area contributed by atoms with Gasteiger partial charge in [-0.3, -0.25) is 15.1 Å². The maximum absolute atomic E-state index is 13.0. The van der Waals surface area contributed by atoms with E-state index in [4.69, 9.17) is 4.74 Å². The third kappa shape index (κ3) is 4.93. The van der Waals surface area contributed by atoms with Gasteiger partial charge in [0.25, 0.3) is 0 Å². The van der Waals surface area contributed by atoms with Crippen molar-refractivity contribution in [2.75, 3.05) is 26.2 Å². The number of aryl methyl sites for hydroxylation is 1. The minimum absolute atomic E-state index is 0.00552. The van der Waals surface area contributed by atoms with Crippen LogP contribution >= 0.6 is 0 Å². The average Bonchev–Trinajstić information content (AvgIpc) is 3.50. The number of aromatic nitrogens is 2. The van der Waals surface area contributed by atoms with Crippen molar-refractivity contribution in [2.45, 2.75) is 57.2 Å². The lowest BCUT2D eigenvalue weighted by Crippen LogP contribution is -2.46. The minimum atomic E-state index is -0.315. The van der Waals surface area contributed by atoms with Crippen LogP contribution < -0.4 is 5.32 Å². The second kappa shape index (κ2) is 10.3. The summed E-state index contributed by atoms with van der Waals surface area (Å²) in [6, 6.07) is -0.495. The van der Waals surface area contributed by atoms with E-state index >= 15 is 0 Å². The SMILES string of the molecule is O=C(CN=C1NC(=O)N(CCCn2ccnc2)C1C1CCC=CO1)N1CCC2=C(C=CCC2)C1. The van der Waals surface area contributed by atoms with Gasteiger partial charge in [0.05, 0.1) is 12.6 Å². The predicted molar refractivity (Wildman–Crippen MR) is 128 cm³/mol. The Morgan fingerprint density at radius 3 is 3.00 bits per heavy atom. The summed E-state index contributed by atoms with van der Waals surface area (Å²) in [7, 11) is 0. The summed E-state index contributed by atoms with van der Waals surface area (Å²) in [5.41, 5.74) is 2.76. The molecule has 34 heavy (non-hydrogen) atoms. The molecule has 2 atom stereocenters. The van der Waals surface area contributed by atoms with Gasteiger partial charge < -0.3 is 19.1 Å². The number of hydrogen-bond acceptors (Lipinski definition) is 5. The number of allylic oxidation sites excluding steroid dienone is 2. The molecule has 0 spiro atoms. The fourth-order valence-corrected chi connectivity index (χ4v) is 5.14. The molecule has 0 bridgehead atoms. The number of hydrogen-bond donors (Lipinski definition) is 1. The second-order valence-corrected chi connectivity index (χ2v) is 9.18. The number of nitrogens with zero attached hydrogens (tertiary/aromatic N) is 5. The van der Waals surface area contributed by atoms with Crippen LogP contribution in [0.2, 0.25) is 0 Å². The van der Waals surface area contributed by atoms with Crippen LogP contribution in [0.15, 0.2) is 59.3 Å². The standard InChI is InChI=1S/C25H32N6O3/c32-22(30-13-9-19-6-1-2-7-20(19)17-30)16-27-24-23(21-8-3-4-15-34-21)31(25(33)28-24)12-5-11-29-14-10-26-18-29/h2,4,7,10,14-15,18,21,23H,1,3,5-6,8-9,11-13,16-17H2,(H,27,28,33). The van der Waals surface area contributed by atoms with Crippen molar-refractivity contribution in [3.63, 3.8) is 0 Å². The Labute approximate surface area is 199 Å². The molecule has 1 aromatic rings. The highest BCUT2D eigenvalue weighted by Gasteiger charge is 2.42. The summed E-state index contributed by atoms with van der Waals surface area (Å²) in [5.74, 6) is 0.532. The summed E-state index contributed by atoms with van der Waals surface area (Å²) in [5, 5.41) is 2.92. The summed E-state index contributed by atoms with van der Waals surface area (Å²) < 4.78 is 7.88. The van der Waals surface area contributed by atoms with Crippen LogP contribution in [0.5, 0.6) is 0 Å². The van der Waals surface area contributed by atoms with Gasteiger partial charge in [-0.05, 0) is 50.2 Å². The van der Waals surface area contributed by atoms with E-state index < -0.39 is 0 Å². The predicted octanol–water partition coefficient (Wildman–Crippen LogP) is 2.64. The Hall–Kier alpha value is -3.36. The van der Waals surface area contributed by atoms with E-state index in [1.165, 1.54) is 11.1 Å². The molecule has 180 valence electrons. The molecule has 2 unspecified atom stereocenters. The van der Waals surface area contributed by atoms with E-state index in [0.29, 0.717) is 18.9 Å². The van der Waals surface area contributed by atoms with Crippen molar-refractivity contribution in [2.24, 2.45) is 4.99 Å². The van der Waals surface area contributed by atoms with Gasteiger partial charge in [0, 0.05) is 38.6 Å². The molecule has 9 nitrogen and oxygen atoms in total. The van der Waals surface area contributed by atoms with Gasteiger partial charge in [-0.1, -0.05) is 17.7 Å². The fourth-order valence-electron chi connectivity index (χ4n) is 5.14. The van der Waals surface area contributed by atoms with E-state index in [0.717, 1.165) is 51.6 Å². The number of carbonyl (C=O) groups excluding carboxylic acids is 2. The normalized spacial score (nSPS) is 25.5. The monoisotopic (exact) mass is 464 g/mol. The third-order valence-corrected chi connectivity index (χ3v) is 6.97. The zero-order valence-corrected chi connectivity index (χ0v) is 19.4. The van der Waals surface area contributed by atoms with Crippen molar-refractivity contribution in [1.29, 1.82) is 0 Å². The number of urea groups is 1. The molecular formula is C25H32N6O3. The Bertz CT molecular complexity index is 1030. The first-order valence-corrected chi connectivity index (χ1v) is 12.2. The second-order valence-electron chi connectivity index (χ2n) is 9.18. The van der Waals surface area contributed by atoms with Crippen molar-refractivity contribution >= 4 is 17.8 Å². The first-order chi connectivity index (χ1) is 16.7. The van der Waals surface area contributed by atoms with E-state index in [1.54, 1.807) is 23.7 Å². The number of imidazole rings is 1. The van der Waals surface area contributed by atoms with Gasteiger partial charge in [0.2, 0.25) is 5.91 Å². The largest absolute Gasteiger partial charge is 0.496 e. The summed E-state index contributed by atoms with van der Waals surface area (Å²) in [6.45, 7) is 2.77. The van der Waals surface area contributed by atoms with Crippen molar-refractivity contribution in [3.8, 4) is 0 Å². The van der Waals surface area contributed by atoms with Gasteiger partial charge in [-0.2, -0.15) is 0 Å². The molecule has 0 saturated carbocycles. The number of aliphatic imine (C=N–C) groups is 1. The highest BCUT2D eigenvalue weighted by atomic mass is 16.5. The Morgan fingerprint density at radius 1 is 1.24 bits per heavy atom.